The van der Waals surface area contributed by atoms with Crippen LogP contribution in [0.15, 0.2) is 0 Å². The molecule has 0 saturated heterocycles. The van der Waals surface area contributed by atoms with Crippen LogP contribution in [0.25, 0.3) is 0 Å². The van der Waals surface area contributed by atoms with Crippen molar-refractivity contribution in [2.45, 2.75) is 13.8 Å². The zero-order valence-corrected chi connectivity index (χ0v) is 10.1. The van der Waals surface area contributed by atoms with Gasteiger partial charge in [0.1, 0.15) is 0 Å². The van der Waals surface area contributed by atoms with E-state index in [4.69, 9.17) is 3.63 Å². The van der Waals surface area contributed by atoms with Crippen LogP contribution in [-0.4, -0.2) is 21.7 Å². The van der Waals surface area contributed by atoms with Crippen LogP contribution in [0, 0.1) is 0 Å². The molecule has 0 amide bonds. The Kier molecular flexibility index (Phi) is 12.8. The molecule has 11 heavy (non-hydrogen) atoms. The predicted molar refractivity (Wildman–Crippen MR) is 62.3 cm³/mol. The van der Waals surface area contributed by atoms with Crippen molar-refractivity contribution in [2.75, 3.05) is 21.7 Å². The SMILES string of the molecule is CCSCSOSCSCC. The molecule has 0 bridgehead atoms. The topological polar surface area (TPSA) is 9.23 Å². The molecule has 68 valence electrons. The van der Waals surface area contributed by atoms with Gasteiger partial charge in [0.05, 0.1) is 10.2 Å². The van der Waals surface area contributed by atoms with Gasteiger partial charge in [-0.15, -0.1) is 23.5 Å². The summed E-state index contributed by atoms with van der Waals surface area (Å²) in [6.07, 6.45) is 0. The molecule has 0 aromatic rings. The summed E-state index contributed by atoms with van der Waals surface area (Å²) in [4.78, 5) is 0. The lowest BCUT2D eigenvalue weighted by molar-refractivity contribution is 0.767. The van der Waals surface area contributed by atoms with Gasteiger partial charge in [0, 0.05) is 24.1 Å². The van der Waals surface area contributed by atoms with Crippen molar-refractivity contribution in [3.05, 3.63) is 0 Å². The summed E-state index contributed by atoms with van der Waals surface area (Å²) in [6.45, 7) is 4.32. The van der Waals surface area contributed by atoms with E-state index < -0.39 is 0 Å². The lowest BCUT2D eigenvalue weighted by Gasteiger charge is -1.98. The van der Waals surface area contributed by atoms with Crippen molar-refractivity contribution in [3.63, 3.8) is 0 Å². The van der Waals surface area contributed by atoms with Crippen molar-refractivity contribution in [3.8, 4) is 0 Å². The standard InChI is InChI=1S/C6H14OS4/c1-3-8-5-10-7-11-6-9-4-2/h3-6H2,1-2H3. The molecule has 0 spiro atoms. The lowest BCUT2D eigenvalue weighted by Crippen LogP contribution is -1.75. The molecule has 0 atom stereocenters. The molecule has 0 aromatic carbocycles. The van der Waals surface area contributed by atoms with Crippen molar-refractivity contribution in [2.24, 2.45) is 0 Å². The second kappa shape index (κ2) is 11.4. The molecule has 0 aliphatic heterocycles. The van der Waals surface area contributed by atoms with Crippen LogP contribution in [0.3, 0.4) is 0 Å². The van der Waals surface area contributed by atoms with Crippen molar-refractivity contribution in [1.29, 1.82) is 0 Å². The van der Waals surface area contributed by atoms with Gasteiger partial charge >= 0.3 is 0 Å². The van der Waals surface area contributed by atoms with Crippen molar-refractivity contribution in [1.82, 2.24) is 0 Å². The Morgan fingerprint density at radius 2 is 1.36 bits per heavy atom. The highest BCUT2D eigenvalue weighted by Crippen LogP contribution is 2.22. The smallest absolute Gasteiger partial charge is 0.0668 e. The highest BCUT2D eigenvalue weighted by molar-refractivity contribution is 8.20. The number of hydrogen-bond acceptors (Lipinski definition) is 5. The first-order valence-electron chi connectivity index (χ1n) is 3.48. The van der Waals surface area contributed by atoms with E-state index in [1.54, 1.807) is 24.1 Å². The van der Waals surface area contributed by atoms with Crippen molar-refractivity contribution >= 4 is 47.6 Å². The Balaban J connectivity index is 2.69. The second-order valence-corrected chi connectivity index (χ2v) is 6.40. The van der Waals surface area contributed by atoms with Crippen LogP contribution in [0.5, 0.6) is 0 Å². The molecule has 1 nitrogen and oxygen atoms in total. The van der Waals surface area contributed by atoms with Crippen LogP contribution in [0.4, 0.5) is 0 Å². The molecule has 0 aliphatic rings. The fourth-order valence-corrected chi connectivity index (χ4v) is 3.48. The maximum atomic E-state index is 5.23. The lowest BCUT2D eigenvalue weighted by atomic mass is 11.0. The van der Waals surface area contributed by atoms with Crippen LogP contribution < -0.4 is 0 Å². The van der Waals surface area contributed by atoms with Gasteiger partial charge in [0.25, 0.3) is 0 Å². The Morgan fingerprint density at radius 1 is 0.909 bits per heavy atom. The molecule has 0 fully saturated rings. The first-order chi connectivity index (χ1) is 5.41. The van der Waals surface area contributed by atoms with Gasteiger partial charge in [-0.2, -0.15) is 0 Å². The quantitative estimate of drug-likeness (QED) is 0.356. The summed E-state index contributed by atoms with van der Waals surface area (Å²) in [5, 5.41) is 2.08. The minimum Gasteiger partial charge on any atom is -0.246 e. The molecule has 0 rings (SSSR count). The Hall–Kier alpha value is 1.36. The first-order valence-corrected chi connectivity index (χ1v) is 7.61. The third-order valence-electron chi connectivity index (χ3n) is 0.767. The van der Waals surface area contributed by atoms with Gasteiger partial charge in [-0.05, 0) is 11.5 Å². The fraction of sp³-hybridized carbons (Fsp3) is 1.00. The van der Waals surface area contributed by atoms with Crippen LogP contribution in [0.1, 0.15) is 13.8 Å². The average molecular weight is 230 g/mol. The van der Waals surface area contributed by atoms with Gasteiger partial charge in [-0.1, -0.05) is 13.8 Å². The third-order valence-corrected chi connectivity index (χ3v) is 4.46. The molecule has 5 heteroatoms. The molecule has 0 N–H and O–H groups in total. The summed E-state index contributed by atoms with van der Waals surface area (Å²) < 4.78 is 5.23. The highest BCUT2D eigenvalue weighted by atomic mass is 32.3. The van der Waals surface area contributed by atoms with E-state index in [1.807, 2.05) is 23.5 Å². The first kappa shape index (κ1) is 12.4. The monoisotopic (exact) mass is 230 g/mol. The Morgan fingerprint density at radius 3 is 1.73 bits per heavy atom. The highest BCUT2D eigenvalue weighted by Gasteiger charge is 1.90. The van der Waals surface area contributed by atoms with Crippen LogP contribution >= 0.6 is 47.6 Å². The van der Waals surface area contributed by atoms with Crippen LogP contribution in [-0.2, 0) is 3.63 Å². The molecule has 0 aliphatic carbocycles. The van der Waals surface area contributed by atoms with Crippen LogP contribution in [0.2, 0.25) is 0 Å². The maximum Gasteiger partial charge on any atom is 0.0668 e. The molecular weight excluding hydrogens is 216 g/mol. The van der Waals surface area contributed by atoms with Crippen molar-refractivity contribution < 1.29 is 3.63 Å². The summed E-state index contributed by atoms with van der Waals surface area (Å²) in [6, 6.07) is 0. The minimum absolute atomic E-state index is 1.04. The molecule has 0 heterocycles. The summed E-state index contributed by atoms with van der Waals surface area (Å²) >= 11 is 6.86. The fourth-order valence-electron chi connectivity index (χ4n) is 0.308. The largest absolute Gasteiger partial charge is 0.246 e. The Bertz CT molecular complexity index is 63.6. The van der Waals surface area contributed by atoms with E-state index in [1.165, 1.54) is 11.5 Å². The number of hydrogen-bond donors (Lipinski definition) is 0. The summed E-state index contributed by atoms with van der Waals surface area (Å²) in [5.74, 6) is 2.34. The molecule has 0 unspecified atom stereocenters. The van der Waals surface area contributed by atoms with Gasteiger partial charge < -0.3 is 0 Å². The third kappa shape index (κ3) is 11.4. The number of rotatable bonds is 8. The zero-order valence-electron chi connectivity index (χ0n) is 6.87. The van der Waals surface area contributed by atoms with Gasteiger partial charge in [-0.3, -0.25) is 0 Å². The van der Waals surface area contributed by atoms with Gasteiger partial charge in [0.15, 0.2) is 0 Å². The van der Waals surface area contributed by atoms with E-state index in [0.717, 1.165) is 10.2 Å². The van der Waals surface area contributed by atoms with E-state index in [2.05, 4.69) is 13.8 Å². The summed E-state index contributed by atoms with van der Waals surface area (Å²) in [5.41, 5.74) is 0. The van der Waals surface area contributed by atoms with E-state index in [0.29, 0.717) is 0 Å². The van der Waals surface area contributed by atoms with Gasteiger partial charge in [0.2, 0.25) is 0 Å². The van der Waals surface area contributed by atoms with E-state index in [-0.39, 0.29) is 0 Å². The molecule has 0 radical (unpaired) electrons. The molecule has 0 aromatic heterocycles. The second-order valence-electron chi connectivity index (χ2n) is 1.53. The number of thioether (sulfide) groups is 2. The Labute approximate surface area is 86.6 Å². The van der Waals surface area contributed by atoms with E-state index in [9.17, 15) is 0 Å². The van der Waals surface area contributed by atoms with Gasteiger partial charge in [-0.25, -0.2) is 3.63 Å². The zero-order chi connectivity index (χ0) is 8.36. The van der Waals surface area contributed by atoms with E-state index >= 15 is 0 Å². The normalized spacial score (nSPS) is 10.4. The average Bonchev–Trinajstić information content (AvgIpc) is 2.03. The maximum absolute atomic E-state index is 5.23. The molecule has 0 saturated carbocycles. The summed E-state index contributed by atoms with van der Waals surface area (Å²) in [7, 11) is 0. The minimum atomic E-state index is 1.04. The predicted octanol–water partition coefficient (Wildman–Crippen LogP) is 3.72. The molecular formula is C6H14OS4.